The first kappa shape index (κ1) is 30.2. The molecule has 2 rings (SSSR count). The molecule has 6 atom stereocenters. The van der Waals surface area contributed by atoms with Crippen LogP contribution in [0, 0.1) is 0 Å². The number of carbonyl (C=O) groups excluding carboxylic acids is 4. The fraction of sp³-hybridized carbons (Fsp3) is 0.458. The van der Waals surface area contributed by atoms with Gasteiger partial charge in [-0.2, -0.15) is 0 Å². The molecule has 14 heteroatoms. The number of carboxylic acid groups (broad SMARTS) is 1. The molecule has 208 valence electrons. The summed E-state index contributed by atoms with van der Waals surface area (Å²) in [4.78, 5) is 64.4. The number of aliphatic carboxylic acids is 1. The quantitative estimate of drug-likeness (QED) is 0.125. The monoisotopic (exact) mass is 534 g/mol. The first-order valence-corrected chi connectivity index (χ1v) is 11.9. The van der Waals surface area contributed by atoms with Gasteiger partial charge in [-0.15, -0.1) is 0 Å². The Morgan fingerprint density at radius 2 is 1.55 bits per heavy atom. The van der Waals surface area contributed by atoms with Crippen LogP contribution < -0.4 is 27.4 Å². The first-order valence-electron chi connectivity index (χ1n) is 11.9. The van der Waals surface area contributed by atoms with Crippen LogP contribution in [0.25, 0.3) is 10.9 Å². The molecule has 0 fully saturated rings. The van der Waals surface area contributed by atoms with Crippen molar-refractivity contribution in [2.24, 2.45) is 11.5 Å². The number of fused-ring (bicyclic) bond motifs is 1. The molecule has 0 radical (unpaired) electrons. The summed E-state index contributed by atoms with van der Waals surface area (Å²) in [5, 5.41) is 36.9. The zero-order valence-electron chi connectivity index (χ0n) is 21.0. The minimum atomic E-state index is -1.55. The van der Waals surface area contributed by atoms with Gasteiger partial charge in [0, 0.05) is 29.9 Å². The maximum Gasteiger partial charge on any atom is 0.326 e. The van der Waals surface area contributed by atoms with Gasteiger partial charge in [-0.05, 0) is 31.9 Å². The topological polar surface area (TPSA) is 250 Å². The second-order valence-electron chi connectivity index (χ2n) is 9.02. The molecule has 0 saturated carbocycles. The molecule has 6 unspecified atom stereocenters. The number of carbonyl (C=O) groups is 5. The Balaban J connectivity index is 2.32. The Kier molecular flexibility index (Phi) is 10.7. The van der Waals surface area contributed by atoms with Crippen LogP contribution in [0.5, 0.6) is 0 Å². The molecule has 1 heterocycles. The van der Waals surface area contributed by atoms with E-state index in [0.717, 1.165) is 10.9 Å². The highest BCUT2D eigenvalue weighted by molar-refractivity contribution is 5.95. The van der Waals surface area contributed by atoms with Gasteiger partial charge in [-0.1, -0.05) is 18.2 Å². The molecular weight excluding hydrogens is 500 g/mol. The number of carboxylic acids is 1. The summed E-state index contributed by atoms with van der Waals surface area (Å²) in [6.45, 7) is 2.51. The fourth-order valence-electron chi connectivity index (χ4n) is 3.68. The van der Waals surface area contributed by atoms with Crippen LogP contribution in [-0.4, -0.2) is 86.3 Å². The smallest absolute Gasteiger partial charge is 0.326 e. The van der Waals surface area contributed by atoms with Crippen LogP contribution in [0.3, 0.4) is 0 Å². The molecule has 0 spiro atoms. The number of primary amides is 1. The van der Waals surface area contributed by atoms with Gasteiger partial charge in [-0.3, -0.25) is 19.2 Å². The normalized spacial score (nSPS) is 15.9. The second-order valence-corrected chi connectivity index (χ2v) is 9.02. The predicted octanol–water partition coefficient (Wildman–Crippen LogP) is -2.40. The van der Waals surface area contributed by atoms with Gasteiger partial charge in [0.1, 0.15) is 24.2 Å². The van der Waals surface area contributed by atoms with Gasteiger partial charge >= 0.3 is 5.97 Å². The van der Waals surface area contributed by atoms with E-state index in [9.17, 15) is 39.3 Å². The summed E-state index contributed by atoms with van der Waals surface area (Å²) in [5.41, 5.74) is 12.1. The number of nitrogens with one attached hydrogen (secondary N) is 4. The highest BCUT2D eigenvalue weighted by Crippen LogP contribution is 2.19. The van der Waals surface area contributed by atoms with Crippen LogP contribution in [0.1, 0.15) is 32.3 Å². The third-order valence-electron chi connectivity index (χ3n) is 5.91. The third kappa shape index (κ3) is 8.26. The van der Waals surface area contributed by atoms with E-state index in [-0.39, 0.29) is 19.3 Å². The van der Waals surface area contributed by atoms with Gasteiger partial charge < -0.3 is 47.7 Å². The highest BCUT2D eigenvalue weighted by Gasteiger charge is 2.33. The van der Waals surface area contributed by atoms with E-state index < -0.39 is 66.0 Å². The average Bonchev–Trinajstić information content (AvgIpc) is 3.25. The van der Waals surface area contributed by atoms with Crippen LogP contribution >= 0.6 is 0 Å². The number of aromatic amines is 1. The predicted molar refractivity (Wildman–Crippen MR) is 135 cm³/mol. The number of aliphatic hydroxyl groups excluding tert-OH is 2. The van der Waals surface area contributed by atoms with E-state index in [0.29, 0.717) is 5.56 Å². The summed E-state index contributed by atoms with van der Waals surface area (Å²) in [6.07, 6.45) is -1.67. The molecule has 14 nitrogen and oxygen atoms in total. The number of H-pyrrole nitrogens is 1. The zero-order chi connectivity index (χ0) is 28.6. The number of aromatic nitrogens is 1. The van der Waals surface area contributed by atoms with Gasteiger partial charge in [0.25, 0.3) is 0 Å². The number of aliphatic hydroxyl groups is 2. The van der Waals surface area contributed by atoms with Crippen LogP contribution in [0.15, 0.2) is 30.5 Å². The fourth-order valence-corrected chi connectivity index (χ4v) is 3.68. The lowest BCUT2D eigenvalue weighted by molar-refractivity contribution is -0.142. The van der Waals surface area contributed by atoms with Crippen molar-refractivity contribution in [1.29, 1.82) is 0 Å². The summed E-state index contributed by atoms with van der Waals surface area (Å²) < 4.78 is 0. The standard InChI is InChI=1S/C24H34N6O8/c1-11(31)19(26)22(35)30-20(12(2)32)23(36)29-17(9-13-10-27-15-6-4-3-5-14(13)15)21(34)28-16(24(37)38)7-8-18(25)33/h3-6,10-12,16-17,19-20,27,31-32H,7-9,26H2,1-2H3,(H2,25,33)(H,28,34)(H,29,36)(H,30,35)(H,37,38). The molecule has 0 bridgehead atoms. The van der Waals surface area contributed by atoms with Crippen molar-refractivity contribution in [3.8, 4) is 0 Å². The molecule has 0 saturated heterocycles. The Hall–Kier alpha value is -4.01. The van der Waals surface area contributed by atoms with Crippen LogP contribution in [0.2, 0.25) is 0 Å². The lowest BCUT2D eigenvalue weighted by Crippen LogP contribution is -2.61. The summed E-state index contributed by atoms with van der Waals surface area (Å²) in [7, 11) is 0. The maximum atomic E-state index is 13.2. The summed E-state index contributed by atoms with van der Waals surface area (Å²) in [5.74, 6) is -4.89. The van der Waals surface area contributed by atoms with Gasteiger partial charge in [-0.25, -0.2) is 4.79 Å². The van der Waals surface area contributed by atoms with Crippen molar-refractivity contribution in [2.75, 3.05) is 0 Å². The first-order chi connectivity index (χ1) is 17.8. The molecule has 1 aromatic heterocycles. The van der Waals surface area contributed by atoms with E-state index in [1.54, 1.807) is 30.5 Å². The van der Waals surface area contributed by atoms with Crippen molar-refractivity contribution in [3.63, 3.8) is 0 Å². The van der Waals surface area contributed by atoms with Gasteiger partial charge in [0.2, 0.25) is 23.6 Å². The molecule has 11 N–H and O–H groups in total. The molecule has 0 aliphatic carbocycles. The molecule has 0 aliphatic rings. The lowest BCUT2D eigenvalue weighted by atomic mass is 10.0. The van der Waals surface area contributed by atoms with Crippen LogP contribution in [0.4, 0.5) is 0 Å². The Bertz CT molecular complexity index is 1160. The molecule has 38 heavy (non-hydrogen) atoms. The summed E-state index contributed by atoms with van der Waals surface area (Å²) in [6, 6.07) is 1.45. The SMILES string of the molecule is CC(O)C(N)C(=O)NC(C(=O)NC(Cc1c[nH]c2ccccc12)C(=O)NC(CCC(N)=O)C(=O)O)C(C)O. The van der Waals surface area contributed by atoms with E-state index >= 15 is 0 Å². The van der Waals surface area contributed by atoms with E-state index in [2.05, 4.69) is 20.9 Å². The van der Waals surface area contributed by atoms with Crippen LogP contribution in [-0.2, 0) is 30.4 Å². The van der Waals surface area contributed by atoms with Crippen molar-refractivity contribution < 1.29 is 39.3 Å². The summed E-state index contributed by atoms with van der Waals surface area (Å²) >= 11 is 0. The van der Waals surface area contributed by atoms with Crippen molar-refractivity contribution in [1.82, 2.24) is 20.9 Å². The third-order valence-corrected chi connectivity index (χ3v) is 5.91. The number of hydrogen-bond acceptors (Lipinski definition) is 8. The van der Waals surface area contributed by atoms with Crippen molar-refractivity contribution in [3.05, 3.63) is 36.0 Å². The van der Waals surface area contributed by atoms with E-state index in [4.69, 9.17) is 11.5 Å². The molecular formula is C24H34N6O8. The molecule has 1 aromatic carbocycles. The average molecular weight is 535 g/mol. The molecule has 0 aliphatic heterocycles. The Morgan fingerprint density at radius 3 is 2.13 bits per heavy atom. The second kappa shape index (κ2) is 13.5. The zero-order valence-corrected chi connectivity index (χ0v) is 21.0. The minimum absolute atomic E-state index is 0.0859. The minimum Gasteiger partial charge on any atom is -0.480 e. The Morgan fingerprint density at radius 1 is 0.921 bits per heavy atom. The number of rotatable bonds is 14. The van der Waals surface area contributed by atoms with Gasteiger partial charge in [0.15, 0.2) is 0 Å². The number of para-hydroxylation sites is 1. The maximum absolute atomic E-state index is 13.2. The molecule has 2 aromatic rings. The van der Waals surface area contributed by atoms with Crippen molar-refractivity contribution in [2.45, 2.75) is 69.5 Å². The molecule has 4 amide bonds. The highest BCUT2D eigenvalue weighted by atomic mass is 16.4. The van der Waals surface area contributed by atoms with E-state index in [1.165, 1.54) is 13.8 Å². The number of hydrogen-bond donors (Lipinski definition) is 9. The lowest BCUT2D eigenvalue weighted by Gasteiger charge is -2.27. The van der Waals surface area contributed by atoms with Gasteiger partial charge in [0.05, 0.1) is 12.2 Å². The number of benzene rings is 1. The number of amides is 4. The number of nitrogens with two attached hydrogens (primary N) is 2. The largest absolute Gasteiger partial charge is 0.480 e. The van der Waals surface area contributed by atoms with E-state index in [1.807, 2.05) is 0 Å². The Labute approximate surface area is 218 Å². The van der Waals surface area contributed by atoms with Crippen molar-refractivity contribution >= 4 is 40.5 Å².